The number of rotatable bonds is 8. The molecule has 1 aromatic carbocycles. The zero-order chi connectivity index (χ0) is 18.6. The summed E-state index contributed by atoms with van der Waals surface area (Å²) in [5.41, 5.74) is 4.52. The van der Waals surface area contributed by atoms with Crippen molar-refractivity contribution in [1.82, 2.24) is 14.7 Å². The number of aliphatic hydroxyl groups excluding tert-OH is 1. The van der Waals surface area contributed by atoms with Gasteiger partial charge in [-0.3, -0.25) is 9.58 Å². The van der Waals surface area contributed by atoms with Crippen LogP contribution in [0.5, 0.6) is 5.75 Å². The van der Waals surface area contributed by atoms with Crippen molar-refractivity contribution in [2.24, 2.45) is 7.05 Å². The van der Waals surface area contributed by atoms with Crippen LogP contribution in [0.3, 0.4) is 0 Å². The molecule has 1 atom stereocenters. The SMILES string of the molecule is Cc1cccc(C)c1OCC(O)CN(C)Cc1cn(C)nc1C(C)C. The average molecular weight is 345 g/mol. The third-order valence-corrected chi connectivity index (χ3v) is 4.28. The molecule has 0 saturated heterocycles. The first-order chi connectivity index (χ1) is 11.8. The third-order valence-electron chi connectivity index (χ3n) is 4.28. The number of para-hydroxylation sites is 1. The summed E-state index contributed by atoms with van der Waals surface area (Å²) in [4.78, 5) is 2.11. The summed E-state index contributed by atoms with van der Waals surface area (Å²) in [6.07, 6.45) is 1.52. The topological polar surface area (TPSA) is 50.5 Å². The average Bonchev–Trinajstić information content (AvgIpc) is 2.87. The molecule has 0 saturated carbocycles. The molecule has 25 heavy (non-hydrogen) atoms. The maximum absolute atomic E-state index is 10.3. The molecule has 1 N–H and O–H groups in total. The summed E-state index contributed by atoms with van der Waals surface area (Å²) in [6.45, 7) is 9.96. The Kier molecular flexibility index (Phi) is 6.62. The summed E-state index contributed by atoms with van der Waals surface area (Å²) in [7, 11) is 3.96. The zero-order valence-corrected chi connectivity index (χ0v) is 16.3. The minimum absolute atomic E-state index is 0.292. The van der Waals surface area contributed by atoms with Crippen LogP contribution >= 0.6 is 0 Å². The second kappa shape index (κ2) is 8.50. The number of aryl methyl sites for hydroxylation is 3. The highest BCUT2D eigenvalue weighted by molar-refractivity contribution is 5.39. The van der Waals surface area contributed by atoms with Gasteiger partial charge in [-0.2, -0.15) is 5.10 Å². The maximum Gasteiger partial charge on any atom is 0.125 e. The van der Waals surface area contributed by atoms with Crippen LogP contribution in [-0.4, -0.2) is 46.1 Å². The maximum atomic E-state index is 10.3. The predicted octanol–water partition coefficient (Wildman–Crippen LogP) is 3.03. The Bertz CT molecular complexity index is 674. The van der Waals surface area contributed by atoms with Gasteiger partial charge in [0.2, 0.25) is 0 Å². The van der Waals surface area contributed by atoms with Crippen LogP contribution in [0.2, 0.25) is 0 Å². The van der Waals surface area contributed by atoms with E-state index >= 15 is 0 Å². The van der Waals surface area contributed by atoms with Gasteiger partial charge in [0.25, 0.3) is 0 Å². The van der Waals surface area contributed by atoms with Crippen LogP contribution in [-0.2, 0) is 13.6 Å². The van der Waals surface area contributed by atoms with Gasteiger partial charge in [-0.05, 0) is 37.9 Å². The van der Waals surface area contributed by atoms with Crippen molar-refractivity contribution in [2.75, 3.05) is 20.2 Å². The van der Waals surface area contributed by atoms with Crippen LogP contribution in [0.15, 0.2) is 24.4 Å². The molecule has 5 heteroatoms. The number of benzene rings is 1. The standard InChI is InChI=1S/C20H31N3O2/c1-14(2)19-17(11-23(6)21-19)10-22(5)12-18(24)13-25-20-15(3)8-7-9-16(20)4/h7-9,11,14,18,24H,10,12-13H2,1-6H3. The van der Waals surface area contributed by atoms with E-state index in [1.165, 1.54) is 5.56 Å². The van der Waals surface area contributed by atoms with E-state index in [-0.39, 0.29) is 0 Å². The third kappa shape index (κ3) is 5.31. The van der Waals surface area contributed by atoms with E-state index in [1.807, 2.05) is 50.8 Å². The Morgan fingerprint density at radius 2 is 1.88 bits per heavy atom. The Morgan fingerprint density at radius 1 is 1.24 bits per heavy atom. The molecule has 0 aliphatic heterocycles. The summed E-state index contributed by atoms with van der Waals surface area (Å²) in [6, 6.07) is 6.06. The van der Waals surface area contributed by atoms with Crippen LogP contribution in [0, 0.1) is 13.8 Å². The molecule has 0 fully saturated rings. The van der Waals surface area contributed by atoms with E-state index in [4.69, 9.17) is 4.74 Å². The van der Waals surface area contributed by atoms with Gasteiger partial charge in [-0.25, -0.2) is 0 Å². The molecule has 0 aliphatic rings. The second-order valence-corrected chi connectivity index (χ2v) is 7.25. The van der Waals surface area contributed by atoms with Crippen molar-refractivity contribution in [3.05, 3.63) is 46.8 Å². The van der Waals surface area contributed by atoms with Crippen molar-refractivity contribution in [2.45, 2.75) is 46.3 Å². The summed E-state index contributed by atoms with van der Waals surface area (Å²) in [5, 5.41) is 14.9. The normalized spacial score (nSPS) is 12.8. The van der Waals surface area contributed by atoms with E-state index in [0.717, 1.165) is 29.1 Å². The lowest BCUT2D eigenvalue weighted by Crippen LogP contribution is -2.33. The smallest absolute Gasteiger partial charge is 0.125 e. The highest BCUT2D eigenvalue weighted by Crippen LogP contribution is 2.22. The van der Waals surface area contributed by atoms with Gasteiger partial charge in [-0.15, -0.1) is 0 Å². The number of aliphatic hydroxyl groups is 1. The molecule has 1 aromatic heterocycles. The van der Waals surface area contributed by atoms with Crippen LogP contribution in [0.4, 0.5) is 0 Å². The summed E-state index contributed by atoms with van der Waals surface area (Å²) in [5.74, 6) is 1.26. The fraction of sp³-hybridized carbons (Fsp3) is 0.550. The molecule has 2 rings (SSSR count). The van der Waals surface area contributed by atoms with E-state index < -0.39 is 6.10 Å². The highest BCUT2D eigenvalue weighted by atomic mass is 16.5. The van der Waals surface area contributed by atoms with Gasteiger partial charge >= 0.3 is 0 Å². The monoisotopic (exact) mass is 345 g/mol. The summed E-state index contributed by atoms with van der Waals surface area (Å²) < 4.78 is 7.71. The van der Waals surface area contributed by atoms with E-state index in [9.17, 15) is 5.11 Å². The first-order valence-corrected chi connectivity index (χ1v) is 8.86. The van der Waals surface area contributed by atoms with Crippen molar-refractivity contribution in [3.8, 4) is 5.75 Å². The molecule has 0 bridgehead atoms. The molecule has 5 nitrogen and oxygen atoms in total. The lowest BCUT2D eigenvalue weighted by molar-refractivity contribution is 0.0738. The molecule has 0 amide bonds. The van der Waals surface area contributed by atoms with Gasteiger partial charge in [0.05, 0.1) is 5.69 Å². The predicted molar refractivity (Wildman–Crippen MR) is 101 cm³/mol. The van der Waals surface area contributed by atoms with Crippen LogP contribution in [0.1, 0.15) is 42.1 Å². The highest BCUT2D eigenvalue weighted by Gasteiger charge is 2.16. The molecule has 1 heterocycles. The first kappa shape index (κ1) is 19.5. The Morgan fingerprint density at radius 3 is 2.48 bits per heavy atom. The zero-order valence-electron chi connectivity index (χ0n) is 16.3. The molecule has 138 valence electrons. The summed E-state index contributed by atoms with van der Waals surface area (Å²) >= 11 is 0. The molecule has 2 aromatic rings. The minimum atomic E-state index is -0.539. The minimum Gasteiger partial charge on any atom is -0.490 e. The molecule has 0 radical (unpaired) electrons. The van der Waals surface area contributed by atoms with Gasteiger partial charge in [0.1, 0.15) is 18.5 Å². The van der Waals surface area contributed by atoms with Crippen molar-refractivity contribution in [1.29, 1.82) is 0 Å². The molecule has 0 aliphatic carbocycles. The fourth-order valence-corrected chi connectivity index (χ4v) is 3.14. The largest absolute Gasteiger partial charge is 0.490 e. The Hall–Kier alpha value is -1.85. The van der Waals surface area contributed by atoms with Gasteiger partial charge in [0, 0.05) is 31.9 Å². The number of ether oxygens (including phenoxy) is 1. The number of hydrogen-bond acceptors (Lipinski definition) is 4. The lowest BCUT2D eigenvalue weighted by atomic mass is 10.1. The van der Waals surface area contributed by atoms with Crippen molar-refractivity contribution >= 4 is 0 Å². The molecular weight excluding hydrogens is 314 g/mol. The van der Waals surface area contributed by atoms with Gasteiger partial charge in [0.15, 0.2) is 0 Å². The first-order valence-electron chi connectivity index (χ1n) is 8.86. The number of hydrogen-bond donors (Lipinski definition) is 1. The quantitative estimate of drug-likeness (QED) is 0.799. The fourth-order valence-electron chi connectivity index (χ4n) is 3.14. The Labute approximate surface area is 151 Å². The number of likely N-dealkylation sites (N-methyl/N-ethyl adjacent to an activating group) is 1. The van der Waals surface area contributed by atoms with E-state index in [2.05, 4.69) is 30.0 Å². The molecular formula is C20H31N3O2. The van der Waals surface area contributed by atoms with Gasteiger partial charge < -0.3 is 9.84 Å². The van der Waals surface area contributed by atoms with E-state index in [1.54, 1.807) is 0 Å². The van der Waals surface area contributed by atoms with Crippen molar-refractivity contribution in [3.63, 3.8) is 0 Å². The number of aromatic nitrogens is 2. The van der Waals surface area contributed by atoms with Gasteiger partial charge in [-0.1, -0.05) is 32.0 Å². The van der Waals surface area contributed by atoms with Crippen LogP contribution in [0.25, 0.3) is 0 Å². The van der Waals surface area contributed by atoms with Crippen LogP contribution < -0.4 is 4.74 Å². The molecule has 1 unspecified atom stereocenters. The Balaban J connectivity index is 1.89. The van der Waals surface area contributed by atoms with E-state index in [0.29, 0.717) is 19.1 Å². The number of nitrogens with zero attached hydrogens (tertiary/aromatic N) is 3. The molecule has 0 spiro atoms. The lowest BCUT2D eigenvalue weighted by Gasteiger charge is -2.22. The van der Waals surface area contributed by atoms with Crippen molar-refractivity contribution < 1.29 is 9.84 Å². The second-order valence-electron chi connectivity index (χ2n) is 7.25.